The number of rotatable bonds is 1. The molecule has 0 N–H and O–H groups in total. The normalized spacial score (nSPS) is 30.2. The number of aromatic nitrogens is 1. The molecule has 4 aliphatic rings. The fraction of sp³-hybridized carbons (Fsp3) is 0.500. The SMILES string of the molecule is O=c1c2cccc3c2c(cn1[C@@H]1CN2CCC1CC2)CC3. The molecule has 2 bridgehead atoms. The van der Waals surface area contributed by atoms with Crippen LogP contribution in [0.1, 0.15) is 30.0 Å². The zero-order valence-electron chi connectivity index (χ0n) is 12.2. The molecule has 2 aromatic rings. The minimum atomic E-state index is 0.233. The maximum absolute atomic E-state index is 13.0. The molecule has 6 rings (SSSR count). The van der Waals surface area contributed by atoms with Crippen LogP contribution in [-0.4, -0.2) is 29.1 Å². The highest BCUT2D eigenvalue weighted by molar-refractivity contribution is 5.89. The van der Waals surface area contributed by atoms with Gasteiger partial charge in [-0.05, 0) is 67.3 Å². The van der Waals surface area contributed by atoms with E-state index in [1.807, 2.05) is 6.07 Å². The first kappa shape index (κ1) is 12.0. The molecule has 108 valence electrons. The highest BCUT2D eigenvalue weighted by Gasteiger charge is 2.36. The summed E-state index contributed by atoms with van der Waals surface area (Å²) in [5, 5.41) is 2.19. The second-order valence-electron chi connectivity index (χ2n) is 6.91. The summed E-state index contributed by atoms with van der Waals surface area (Å²) in [6.07, 6.45) is 6.89. The number of piperidine rings is 3. The average molecular weight is 280 g/mol. The van der Waals surface area contributed by atoms with Gasteiger partial charge in [-0.1, -0.05) is 12.1 Å². The molecule has 0 radical (unpaired) electrons. The van der Waals surface area contributed by atoms with Gasteiger partial charge in [0, 0.05) is 18.1 Å². The molecule has 3 fully saturated rings. The summed E-state index contributed by atoms with van der Waals surface area (Å²) in [4.78, 5) is 15.5. The molecule has 0 spiro atoms. The Labute approximate surface area is 124 Å². The molecular weight excluding hydrogens is 260 g/mol. The third-order valence-electron chi connectivity index (χ3n) is 5.87. The fourth-order valence-electron chi connectivity index (χ4n) is 4.75. The molecule has 3 aliphatic heterocycles. The van der Waals surface area contributed by atoms with E-state index in [4.69, 9.17) is 0 Å². The first-order valence-corrected chi connectivity index (χ1v) is 8.19. The first-order valence-electron chi connectivity index (χ1n) is 8.19. The number of pyridine rings is 1. The van der Waals surface area contributed by atoms with E-state index in [-0.39, 0.29) is 5.56 Å². The van der Waals surface area contributed by atoms with Crippen molar-refractivity contribution >= 4 is 10.8 Å². The van der Waals surface area contributed by atoms with Crippen molar-refractivity contribution in [1.29, 1.82) is 0 Å². The van der Waals surface area contributed by atoms with Crippen LogP contribution in [0.25, 0.3) is 10.8 Å². The van der Waals surface area contributed by atoms with Crippen molar-refractivity contribution in [3.05, 3.63) is 45.9 Å². The topological polar surface area (TPSA) is 25.2 Å². The Balaban J connectivity index is 1.72. The minimum absolute atomic E-state index is 0.233. The molecule has 1 atom stereocenters. The monoisotopic (exact) mass is 280 g/mol. The predicted molar refractivity (Wildman–Crippen MR) is 83.8 cm³/mol. The lowest BCUT2D eigenvalue weighted by atomic mass is 9.83. The van der Waals surface area contributed by atoms with E-state index in [9.17, 15) is 4.79 Å². The number of nitrogens with zero attached hydrogens (tertiary/aromatic N) is 2. The highest BCUT2D eigenvalue weighted by Crippen LogP contribution is 2.36. The molecule has 0 saturated carbocycles. The Morgan fingerprint density at radius 1 is 1.05 bits per heavy atom. The smallest absolute Gasteiger partial charge is 0.258 e. The summed E-state index contributed by atoms with van der Waals surface area (Å²) < 4.78 is 2.09. The van der Waals surface area contributed by atoms with Crippen molar-refractivity contribution in [1.82, 2.24) is 9.47 Å². The van der Waals surface area contributed by atoms with Crippen LogP contribution in [0.4, 0.5) is 0 Å². The van der Waals surface area contributed by atoms with Gasteiger partial charge in [-0.3, -0.25) is 4.79 Å². The van der Waals surface area contributed by atoms with Gasteiger partial charge in [0.2, 0.25) is 0 Å². The number of hydrogen-bond acceptors (Lipinski definition) is 2. The van der Waals surface area contributed by atoms with E-state index in [0.717, 1.165) is 24.8 Å². The molecule has 1 aromatic carbocycles. The zero-order valence-corrected chi connectivity index (χ0v) is 12.2. The van der Waals surface area contributed by atoms with Crippen molar-refractivity contribution in [2.24, 2.45) is 5.92 Å². The lowest BCUT2D eigenvalue weighted by molar-refractivity contribution is 0.0556. The van der Waals surface area contributed by atoms with Gasteiger partial charge in [0.25, 0.3) is 5.56 Å². The Morgan fingerprint density at radius 2 is 1.86 bits per heavy atom. The summed E-state index contributed by atoms with van der Waals surface area (Å²) in [7, 11) is 0. The maximum Gasteiger partial charge on any atom is 0.258 e. The van der Waals surface area contributed by atoms with E-state index in [0.29, 0.717) is 12.0 Å². The summed E-state index contributed by atoms with van der Waals surface area (Å²) in [6, 6.07) is 6.64. The van der Waals surface area contributed by atoms with Crippen molar-refractivity contribution in [2.75, 3.05) is 19.6 Å². The number of hydrogen-bond donors (Lipinski definition) is 0. The Morgan fingerprint density at radius 3 is 2.62 bits per heavy atom. The van der Waals surface area contributed by atoms with Crippen LogP contribution in [-0.2, 0) is 12.8 Å². The van der Waals surface area contributed by atoms with Crippen molar-refractivity contribution in [3.63, 3.8) is 0 Å². The van der Waals surface area contributed by atoms with Crippen LogP contribution in [0.15, 0.2) is 29.2 Å². The van der Waals surface area contributed by atoms with Gasteiger partial charge in [0.1, 0.15) is 0 Å². The Kier molecular flexibility index (Phi) is 2.40. The Bertz CT molecular complexity index is 784. The molecule has 0 unspecified atom stereocenters. The summed E-state index contributed by atoms with van der Waals surface area (Å²) in [6.45, 7) is 3.51. The Hall–Kier alpha value is -1.61. The quantitative estimate of drug-likeness (QED) is 0.801. The molecule has 0 amide bonds. The predicted octanol–water partition coefficient (Wildman–Crippen LogP) is 2.37. The zero-order chi connectivity index (χ0) is 14.0. The van der Waals surface area contributed by atoms with Gasteiger partial charge in [0.15, 0.2) is 0 Å². The van der Waals surface area contributed by atoms with Gasteiger partial charge in [-0.15, -0.1) is 0 Å². The maximum atomic E-state index is 13.0. The van der Waals surface area contributed by atoms with Crippen LogP contribution < -0.4 is 5.56 Å². The van der Waals surface area contributed by atoms with E-state index in [2.05, 4.69) is 27.8 Å². The van der Waals surface area contributed by atoms with Crippen molar-refractivity contribution in [2.45, 2.75) is 31.7 Å². The standard InChI is InChI=1S/C18H20N2O/c21-18-15-3-1-2-13-4-5-14(17(13)15)10-20(18)16-11-19-8-6-12(16)7-9-19/h1-3,10,12,16H,4-9,11H2/t16-/m1/s1. The van der Waals surface area contributed by atoms with Gasteiger partial charge in [-0.2, -0.15) is 0 Å². The van der Waals surface area contributed by atoms with Crippen molar-refractivity contribution < 1.29 is 0 Å². The molecule has 1 aromatic heterocycles. The second kappa shape index (κ2) is 4.20. The molecular formula is C18H20N2O. The van der Waals surface area contributed by atoms with Crippen LogP contribution in [0.2, 0.25) is 0 Å². The molecule has 3 nitrogen and oxygen atoms in total. The largest absolute Gasteiger partial charge is 0.310 e. The summed E-state index contributed by atoms with van der Waals surface area (Å²) in [5.74, 6) is 0.696. The second-order valence-corrected chi connectivity index (χ2v) is 6.91. The van der Waals surface area contributed by atoms with Crippen LogP contribution in [0.3, 0.4) is 0 Å². The average Bonchev–Trinajstić information content (AvgIpc) is 2.96. The molecule has 3 heteroatoms. The van der Waals surface area contributed by atoms with E-state index in [1.165, 1.54) is 42.4 Å². The number of aryl methyl sites for hydroxylation is 2. The number of benzene rings is 1. The van der Waals surface area contributed by atoms with E-state index in [1.54, 1.807) is 0 Å². The molecule has 4 heterocycles. The van der Waals surface area contributed by atoms with Gasteiger partial charge >= 0.3 is 0 Å². The number of fused-ring (bicyclic) bond motifs is 3. The summed E-state index contributed by atoms with van der Waals surface area (Å²) >= 11 is 0. The third kappa shape index (κ3) is 1.61. The lowest BCUT2D eigenvalue weighted by Crippen LogP contribution is -2.50. The van der Waals surface area contributed by atoms with Crippen LogP contribution in [0.5, 0.6) is 0 Å². The highest BCUT2D eigenvalue weighted by atomic mass is 16.1. The minimum Gasteiger partial charge on any atom is -0.310 e. The fourth-order valence-corrected chi connectivity index (χ4v) is 4.75. The first-order chi connectivity index (χ1) is 10.3. The third-order valence-corrected chi connectivity index (χ3v) is 5.87. The van der Waals surface area contributed by atoms with Crippen LogP contribution >= 0.6 is 0 Å². The molecule has 21 heavy (non-hydrogen) atoms. The van der Waals surface area contributed by atoms with E-state index < -0.39 is 0 Å². The molecule has 3 saturated heterocycles. The van der Waals surface area contributed by atoms with Gasteiger partial charge in [-0.25, -0.2) is 0 Å². The summed E-state index contributed by atoms with van der Waals surface area (Å²) in [5.41, 5.74) is 2.98. The van der Waals surface area contributed by atoms with Gasteiger partial charge in [0.05, 0.1) is 6.04 Å². The van der Waals surface area contributed by atoms with Crippen LogP contribution in [0, 0.1) is 5.92 Å². The lowest BCUT2D eigenvalue weighted by Gasteiger charge is -2.45. The van der Waals surface area contributed by atoms with Crippen molar-refractivity contribution in [3.8, 4) is 0 Å². The molecule has 1 aliphatic carbocycles. The van der Waals surface area contributed by atoms with E-state index >= 15 is 0 Å². The van der Waals surface area contributed by atoms with Gasteiger partial charge < -0.3 is 9.47 Å².